The summed E-state index contributed by atoms with van der Waals surface area (Å²) in [5.41, 5.74) is 0.631. The van der Waals surface area contributed by atoms with Crippen molar-refractivity contribution in [1.29, 1.82) is 0 Å². The molecule has 0 aromatic heterocycles. The van der Waals surface area contributed by atoms with Crippen molar-refractivity contribution >= 4 is 11.8 Å². The first-order valence-corrected chi connectivity index (χ1v) is 9.43. The molecule has 2 amide bonds. The minimum atomic E-state index is -4.73. The molecule has 6 nitrogen and oxygen atoms in total. The lowest BCUT2D eigenvalue weighted by molar-refractivity contribution is -0.274. The largest absolute Gasteiger partial charge is 0.573 e. The highest BCUT2D eigenvalue weighted by atomic mass is 19.4. The van der Waals surface area contributed by atoms with Gasteiger partial charge in [-0.15, -0.1) is 13.2 Å². The molecule has 2 fully saturated rings. The van der Waals surface area contributed by atoms with Crippen molar-refractivity contribution < 1.29 is 27.5 Å². The topological polar surface area (TPSA) is 53.1 Å². The van der Waals surface area contributed by atoms with Gasteiger partial charge in [-0.25, -0.2) is 0 Å². The van der Waals surface area contributed by atoms with Crippen molar-refractivity contribution in [2.75, 3.05) is 45.8 Å². The summed E-state index contributed by atoms with van der Waals surface area (Å²) < 4.78 is 40.4. The van der Waals surface area contributed by atoms with Gasteiger partial charge in [0.15, 0.2) is 0 Å². The zero-order valence-electron chi connectivity index (χ0n) is 15.6. The van der Waals surface area contributed by atoms with Crippen molar-refractivity contribution in [2.45, 2.75) is 25.6 Å². The lowest BCUT2D eigenvalue weighted by Gasteiger charge is -2.35. The smallest absolute Gasteiger partial charge is 0.406 e. The van der Waals surface area contributed by atoms with Crippen molar-refractivity contribution in [3.8, 4) is 5.75 Å². The summed E-state index contributed by atoms with van der Waals surface area (Å²) in [6, 6.07) is 5.34. The molecule has 1 aromatic rings. The minimum absolute atomic E-state index is 0.0741. The van der Waals surface area contributed by atoms with Gasteiger partial charge in [-0.1, -0.05) is 12.1 Å². The number of carbonyl (C=O) groups is 2. The summed E-state index contributed by atoms with van der Waals surface area (Å²) in [6.45, 7) is 4.44. The maximum absolute atomic E-state index is 12.4. The van der Waals surface area contributed by atoms with E-state index in [4.69, 9.17) is 0 Å². The quantitative estimate of drug-likeness (QED) is 0.759. The second kappa shape index (κ2) is 8.81. The third-order valence-electron chi connectivity index (χ3n) is 5.05. The highest BCUT2D eigenvalue weighted by molar-refractivity contribution is 5.79. The average molecular weight is 399 g/mol. The number of hydrogen-bond acceptors (Lipinski definition) is 4. The van der Waals surface area contributed by atoms with E-state index < -0.39 is 6.36 Å². The molecule has 0 atom stereocenters. The molecule has 2 aliphatic rings. The summed E-state index contributed by atoms with van der Waals surface area (Å²) in [6.07, 6.45) is -2.47. The van der Waals surface area contributed by atoms with Gasteiger partial charge < -0.3 is 14.5 Å². The van der Waals surface area contributed by atoms with E-state index in [2.05, 4.69) is 9.64 Å². The summed E-state index contributed by atoms with van der Waals surface area (Å²) in [4.78, 5) is 30.3. The molecule has 28 heavy (non-hydrogen) atoms. The van der Waals surface area contributed by atoms with Gasteiger partial charge in [-0.05, 0) is 30.5 Å². The number of alkyl halides is 3. The number of likely N-dealkylation sites (tertiary alicyclic amines) is 1. The van der Waals surface area contributed by atoms with E-state index >= 15 is 0 Å². The van der Waals surface area contributed by atoms with Crippen LogP contribution in [-0.4, -0.2) is 78.7 Å². The Bertz CT molecular complexity index is 680. The van der Waals surface area contributed by atoms with E-state index in [0.717, 1.165) is 25.9 Å². The lowest BCUT2D eigenvalue weighted by Crippen LogP contribution is -2.51. The fourth-order valence-electron chi connectivity index (χ4n) is 3.51. The molecule has 0 unspecified atom stereocenters. The van der Waals surface area contributed by atoms with Gasteiger partial charge in [0, 0.05) is 39.3 Å². The highest BCUT2D eigenvalue weighted by Gasteiger charge is 2.31. The highest BCUT2D eigenvalue weighted by Crippen LogP contribution is 2.23. The average Bonchev–Trinajstić information content (AvgIpc) is 3.17. The van der Waals surface area contributed by atoms with Gasteiger partial charge in [0.2, 0.25) is 11.8 Å². The Morgan fingerprint density at radius 2 is 1.43 bits per heavy atom. The number of nitrogens with zero attached hydrogens (tertiary/aromatic N) is 3. The monoisotopic (exact) mass is 399 g/mol. The van der Waals surface area contributed by atoms with Crippen molar-refractivity contribution in [3.63, 3.8) is 0 Å². The van der Waals surface area contributed by atoms with Crippen LogP contribution in [0.2, 0.25) is 0 Å². The van der Waals surface area contributed by atoms with E-state index in [9.17, 15) is 22.8 Å². The summed E-state index contributed by atoms with van der Waals surface area (Å²) >= 11 is 0. The summed E-state index contributed by atoms with van der Waals surface area (Å²) in [5.74, 6) is -0.228. The molecular formula is C19H24F3N3O3. The number of ether oxygens (including phenoxy) is 1. The van der Waals surface area contributed by atoms with E-state index in [-0.39, 0.29) is 24.0 Å². The van der Waals surface area contributed by atoms with Crippen LogP contribution in [0.5, 0.6) is 5.75 Å². The molecule has 1 aromatic carbocycles. The Morgan fingerprint density at radius 3 is 2.00 bits per heavy atom. The second-order valence-electron chi connectivity index (χ2n) is 7.11. The first-order valence-electron chi connectivity index (χ1n) is 9.43. The zero-order chi connectivity index (χ0) is 20.1. The Labute approximate surface area is 161 Å². The molecule has 0 N–H and O–H groups in total. The molecule has 154 valence electrons. The van der Waals surface area contributed by atoms with Crippen molar-refractivity contribution in [1.82, 2.24) is 14.7 Å². The number of amides is 2. The number of halogens is 3. The fourth-order valence-corrected chi connectivity index (χ4v) is 3.51. The van der Waals surface area contributed by atoms with Crippen LogP contribution in [0.25, 0.3) is 0 Å². The van der Waals surface area contributed by atoms with Gasteiger partial charge in [-0.3, -0.25) is 14.5 Å². The normalized spacial score (nSPS) is 18.4. The Kier molecular flexibility index (Phi) is 6.43. The molecule has 0 bridgehead atoms. The maximum Gasteiger partial charge on any atom is 0.573 e. The van der Waals surface area contributed by atoms with E-state index in [0.29, 0.717) is 38.3 Å². The molecule has 2 heterocycles. The summed E-state index contributed by atoms with van der Waals surface area (Å²) in [7, 11) is 0. The maximum atomic E-state index is 12.4. The Balaban J connectivity index is 1.43. The third-order valence-corrected chi connectivity index (χ3v) is 5.05. The second-order valence-corrected chi connectivity index (χ2v) is 7.11. The van der Waals surface area contributed by atoms with Gasteiger partial charge in [0.25, 0.3) is 0 Å². The molecule has 0 radical (unpaired) electrons. The number of rotatable bonds is 5. The van der Waals surface area contributed by atoms with Crippen LogP contribution in [-0.2, 0) is 16.0 Å². The number of benzene rings is 1. The minimum Gasteiger partial charge on any atom is -0.406 e. The summed E-state index contributed by atoms with van der Waals surface area (Å²) in [5, 5.41) is 0. The molecule has 0 aliphatic carbocycles. The van der Waals surface area contributed by atoms with Crippen LogP contribution in [0.1, 0.15) is 18.4 Å². The van der Waals surface area contributed by atoms with Crippen LogP contribution in [0, 0.1) is 0 Å². The number of hydrogen-bond donors (Lipinski definition) is 0. The molecule has 0 saturated carbocycles. The van der Waals surface area contributed by atoms with Gasteiger partial charge in [0.1, 0.15) is 5.75 Å². The zero-order valence-corrected chi connectivity index (χ0v) is 15.6. The van der Waals surface area contributed by atoms with Gasteiger partial charge in [-0.2, -0.15) is 0 Å². The molecule has 2 aliphatic heterocycles. The molecule has 0 spiro atoms. The predicted octanol–water partition coefficient (Wildman–Crippen LogP) is 1.89. The predicted molar refractivity (Wildman–Crippen MR) is 95.7 cm³/mol. The molecular weight excluding hydrogens is 375 g/mol. The van der Waals surface area contributed by atoms with Crippen LogP contribution >= 0.6 is 0 Å². The molecule has 9 heteroatoms. The van der Waals surface area contributed by atoms with Crippen LogP contribution in [0.4, 0.5) is 13.2 Å². The fraction of sp³-hybridized carbons (Fsp3) is 0.579. The van der Waals surface area contributed by atoms with E-state index in [1.165, 1.54) is 24.3 Å². The van der Waals surface area contributed by atoms with E-state index in [1.54, 1.807) is 4.90 Å². The van der Waals surface area contributed by atoms with Gasteiger partial charge >= 0.3 is 6.36 Å². The lowest BCUT2D eigenvalue weighted by atomic mass is 10.1. The SMILES string of the molecule is O=C(Cc1ccc(OC(F)(F)F)cc1)N1CCN(CC(=O)N2CCCC2)CC1. The van der Waals surface area contributed by atoms with Crippen LogP contribution in [0.3, 0.4) is 0 Å². The van der Waals surface area contributed by atoms with Crippen LogP contribution < -0.4 is 4.74 Å². The number of carbonyl (C=O) groups excluding carboxylic acids is 2. The van der Waals surface area contributed by atoms with E-state index in [1.807, 2.05) is 4.90 Å². The van der Waals surface area contributed by atoms with Crippen LogP contribution in [0.15, 0.2) is 24.3 Å². The Morgan fingerprint density at radius 1 is 0.857 bits per heavy atom. The standard InChI is InChI=1S/C19H24F3N3O3/c20-19(21,22)28-16-5-3-15(4-6-16)13-17(26)25-11-9-23(10-12-25)14-18(27)24-7-1-2-8-24/h3-6H,1-2,7-14H2. The Hall–Kier alpha value is -2.29. The molecule has 3 rings (SSSR count). The van der Waals surface area contributed by atoms with Crippen molar-refractivity contribution in [3.05, 3.63) is 29.8 Å². The molecule has 2 saturated heterocycles. The first-order chi connectivity index (χ1) is 13.3. The van der Waals surface area contributed by atoms with Crippen molar-refractivity contribution in [2.24, 2.45) is 0 Å². The van der Waals surface area contributed by atoms with Gasteiger partial charge in [0.05, 0.1) is 13.0 Å². The third kappa shape index (κ3) is 5.85. The first kappa shape index (κ1) is 20.4. The number of piperazine rings is 1.